The average Bonchev–Trinajstić information content (AvgIpc) is 2.27. The molecule has 0 aliphatic rings. The van der Waals surface area contributed by atoms with Crippen LogP contribution < -0.4 is 5.32 Å². The molecule has 0 heterocycles. The summed E-state index contributed by atoms with van der Waals surface area (Å²) in [5, 5.41) is 2.64. The summed E-state index contributed by atoms with van der Waals surface area (Å²) in [5.41, 5.74) is 2.08. The number of carbonyl (C=O) groups excluding carboxylic acids is 1. The first kappa shape index (κ1) is 14.7. The fourth-order valence-electron chi connectivity index (χ4n) is 1.64. The lowest BCUT2D eigenvalue weighted by Crippen LogP contribution is -2.31. The van der Waals surface area contributed by atoms with Crippen LogP contribution in [0.25, 0.3) is 0 Å². The number of aryl methyl sites for hydroxylation is 1. The van der Waals surface area contributed by atoms with Crippen LogP contribution in [-0.4, -0.2) is 25.8 Å². The minimum atomic E-state index is -3.26. The lowest BCUT2D eigenvalue weighted by Gasteiger charge is -2.08. The van der Waals surface area contributed by atoms with Gasteiger partial charge in [0.2, 0.25) is 5.91 Å². The first-order valence-electron chi connectivity index (χ1n) is 5.96. The molecule has 5 heteroatoms. The number of sulfone groups is 1. The lowest BCUT2D eigenvalue weighted by atomic mass is 10.1. The van der Waals surface area contributed by atoms with Gasteiger partial charge < -0.3 is 5.32 Å². The van der Waals surface area contributed by atoms with Crippen molar-refractivity contribution < 1.29 is 13.2 Å². The molecule has 0 spiro atoms. The molecule has 0 unspecified atom stereocenters. The Balaban J connectivity index is 2.50. The first-order chi connectivity index (χ1) is 8.44. The molecular formula is C13H19NO3S. The molecule has 1 rings (SSSR count). The molecule has 0 radical (unpaired) electrons. The summed E-state index contributed by atoms with van der Waals surface area (Å²) in [4.78, 5) is 11.5. The van der Waals surface area contributed by atoms with Crippen molar-refractivity contribution in [3.8, 4) is 0 Å². The van der Waals surface area contributed by atoms with E-state index >= 15 is 0 Å². The molecule has 4 nitrogen and oxygen atoms in total. The summed E-state index contributed by atoms with van der Waals surface area (Å²) < 4.78 is 22.9. The molecule has 100 valence electrons. The van der Waals surface area contributed by atoms with Crippen molar-refractivity contribution in [2.75, 3.05) is 11.5 Å². The highest BCUT2D eigenvalue weighted by molar-refractivity contribution is 7.92. The van der Waals surface area contributed by atoms with Crippen molar-refractivity contribution >= 4 is 15.7 Å². The van der Waals surface area contributed by atoms with E-state index in [0.717, 1.165) is 11.1 Å². The molecule has 1 aromatic rings. The van der Waals surface area contributed by atoms with Crippen LogP contribution in [0.15, 0.2) is 24.3 Å². The first-order valence-corrected chi connectivity index (χ1v) is 7.78. The third-order valence-electron chi connectivity index (χ3n) is 2.60. The van der Waals surface area contributed by atoms with E-state index in [2.05, 4.69) is 5.32 Å². The number of rotatable bonds is 6. The average molecular weight is 269 g/mol. The van der Waals surface area contributed by atoms with Crippen LogP contribution in [0, 0.1) is 6.92 Å². The van der Waals surface area contributed by atoms with E-state index in [0.29, 0.717) is 13.0 Å². The summed E-state index contributed by atoms with van der Waals surface area (Å²) in [5.74, 6) is -0.802. The number of amides is 1. The van der Waals surface area contributed by atoms with Gasteiger partial charge in [0.1, 0.15) is 5.75 Å². The molecule has 0 saturated heterocycles. The fourth-order valence-corrected chi connectivity index (χ4v) is 2.90. The SMILES string of the molecule is CCCS(=O)(=O)CC(=O)NCc1ccccc1C. The largest absolute Gasteiger partial charge is 0.351 e. The Morgan fingerprint density at radius 3 is 2.56 bits per heavy atom. The molecule has 1 aromatic carbocycles. The molecule has 0 bridgehead atoms. The lowest BCUT2D eigenvalue weighted by molar-refractivity contribution is -0.118. The van der Waals surface area contributed by atoms with Gasteiger partial charge in [-0.2, -0.15) is 0 Å². The van der Waals surface area contributed by atoms with Gasteiger partial charge in [0.05, 0.1) is 5.75 Å². The zero-order chi connectivity index (χ0) is 13.6. The van der Waals surface area contributed by atoms with Crippen LogP contribution >= 0.6 is 0 Å². The Kier molecular flexibility index (Phi) is 5.34. The topological polar surface area (TPSA) is 63.2 Å². The maximum Gasteiger partial charge on any atom is 0.235 e. The molecule has 18 heavy (non-hydrogen) atoms. The Morgan fingerprint density at radius 2 is 1.94 bits per heavy atom. The maximum absolute atomic E-state index is 11.5. The third-order valence-corrected chi connectivity index (χ3v) is 4.34. The standard InChI is InChI=1S/C13H19NO3S/c1-3-8-18(16,17)10-13(15)14-9-12-7-5-4-6-11(12)2/h4-7H,3,8-10H2,1-2H3,(H,14,15). The Bertz CT molecular complexity index is 509. The number of hydrogen-bond donors (Lipinski definition) is 1. The second-order valence-electron chi connectivity index (χ2n) is 4.30. The predicted octanol–water partition coefficient (Wildman–Crippen LogP) is 1.44. The summed E-state index contributed by atoms with van der Waals surface area (Å²) >= 11 is 0. The van der Waals surface area contributed by atoms with E-state index in [-0.39, 0.29) is 5.75 Å². The molecule has 0 aromatic heterocycles. The minimum Gasteiger partial charge on any atom is -0.351 e. The van der Waals surface area contributed by atoms with Crippen LogP contribution in [0.2, 0.25) is 0 Å². The molecule has 0 atom stereocenters. The second-order valence-corrected chi connectivity index (χ2v) is 6.48. The zero-order valence-electron chi connectivity index (χ0n) is 10.8. The van der Waals surface area contributed by atoms with E-state index < -0.39 is 21.5 Å². The Hall–Kier alpha value is -1.36. The summed E-state index contributed by atoms with van der Waals surface area (Å²) in [7, 11) is -3.26. The van der Waals surface area contributed by atoms with Gasteiger partial charge in [-0.05, 0) is 24.5 Å². The summed E-state index contributed by atoms with van der Waals surface area (Å²) in [6, 6.07) is 7.68. The smallest absolute Gasteiger partial charge is 0.235 e. The zero-order valence-corrected chi connectivity index (χ0v) is 11.6. The maximum atomic E-state index is 11.5. The fraction of sp³-hybridized carbons (Fsp3) is 0.462. The van der Waals surface area contributed by atoms with Crippen molar-refractivity contribution in [1.82, 2.24) is 5.32 Å². The van der Waals surface area contributed by atoms with Crippen molar-refractivity contribution in [1.29, 1.82) is 0 Å². The van der Waals surface area contributed by atoms with Crippen LogP contribution in [0.4, 0.5) is 0 Å². The monoisotopic (exact) mass is 269 g/mol. The van der Waals surface area contributed by atoms with Gasteiger partial charge in [-0.25, -0.2) is 8.42 Å². The van der Waals surface area contributed by atoms with Crippen molar-refractivity contribution in [3.63, 3.8) is 0 Å². The summed E-state index contributed by atoms with van der Waals surface area (Å²) in [6.07, 6.45) is 0.535. The normalized spacial score (nSPS) is 11.2. The number of benzene rings is 1. The van der Waals surface area contributed by atoms with Gasteiger partial charge in [-0.1, -0.05) is 31.2 Å². The summed E-state index contributed by atoms with van der Waals surface area (Å²) in [6.45, 7) is 4.10. The molecule has 0 aliphatic heterocycles. The van der Waals surface area contributed by atoms with Crippen molar-refractivity contribution in [2.45, 2.75) is 26.8 Å². The predicted molar refractivity (Wildman–Crippen MR) is 72.0 cm³/mol. The van der Waals surface area contributed by atoms with Crippen molar-refractivity contribution in [3.05, 3.63) is 35.4 Å². The molecule has 0 aliphatic carbocycles. The second kappa shape index (κ2) is 6.54. The molecule has 0 saturated carbocycles. The van der Waals surface area contributed by atoms with Crippen LogP contribution in [0.5, 0.6) is 0 Å². The van der Waals surface area contributed by atoms with Gasteiger partial charge in [0.15, 0.2) is 9.84 Å². The minimum absolute atomic E-state index is 0.0603. The van der Waals surface area contributed by atoms with Crippen LogP contribution in [0.1, 0.15) is 24.5 Å². The number of carbonyl (C=O) groups is 1. The molecule has 1 N–H and O–H groups in total. The van der Waals surface area contributed by atoms with Gasteiger partial charge >= 0.3 is 0 Å². The van der Waals surface area contributed by atoms with E-state index in [9.17, 15) is 13.2 Å². The quantitative estimate of drug-likeness (QED) is 0.850. The van der Waals surface area contributed by atoms with Crippen LogP contribution in [-0.2, 0) is 21.2 Å². The highest BCUT2D eigenvalue weighted by Crippen LogP contribution is 2.06. The molecular weight excluding hydrogens is 250 g/mol. The van der Waals surface area contributed by atoms with Crippen molar-refractivity contribution in [2.24, 2.45) is 0 Å². The van der Waals surface area contributed by atoms with E-state index in [1.165, 1.54) is 0 Å². The van der Waals surface area contributed by atoms with E-state index in [1.54, 1.807) is 6.92 Å². The van der Waals surface area contributed by atoms with Gasteiger partial charge in [-0.15, -0.1) is 0 Å². The third kappa shape index (κ3) is 4.87. The van der Waals surface area contributed by atoms with Gasteiger partial charge in [-0.3, -0.25) is 4.79 Å². The Morgan fingerprint density at radius 1 is 1.28 bits per heavy atom. The van der Waals surface area contributed by atoms with Gasteiger partial charge in [0, 0.05) is 6.54 Å². The highest BCUT2D eigenvalue weighted by atomic mass is 32.2. The molecule has 1 amide bonds. The number of hydrogen-bond acceptors (Lipinski definition) is 3. The van der Waals surface area contributed by atoms with E-state index in [1.807, 2.05) is 31.2 Å². The van der Waals surface area contributed by atoms with Crippen LogP contribution in [0.3, 0.4) is 0 Å². The number of nitrogens with one attached hydrogen (secondary N) is 1. The highest BCUT2D eigenvalue weighted by Gasteiger charge is 2.15. The Labute approximate surface area is 108 Å². The van der Waals surface area contributed by atoms with E-state index in [4.69, 9.17) is 0 Å². The van der Waals surface area contributed by atoms with Gasteiger partial charge in [0.25, 0.3) is 0 Å². The molecule has 0 fully saturated rings.